The van der Waals surface area contributed by atoms with E-state index in [4.69, 9.17) is 9.47 Å². The molecule has 0 aliphatic rings. The van der Waals surface area contributed by atoms with Crippen LogP contribution in [0.3, 0.4) is 0 Å². The molecule has 0 bridgehead atoms. The van der Waals surface area contributed by atoms with Gasteiger partial charge in [0.1, 0.15) is 11.5 Å². The Labute approximate surface area is 124 Å². The van der Waals surface area contributed by atoms with Crippen molar-refractivity contribution in [3.05, 3.63) is 23.8 Å². The second-order valence-electron chi connectivity index (χ2n) is 4.74. The molecule has 0 aliphatic carbocycles. The number of ether oxygens (including phenoxy) is 2. The van der Waals surface area contributed by atoms with Gasteiger partial charge in [0, 0.05) is 12.1 Å². The predicted octanol–water partition coefficient (Wildman–Crippen LogP) is 1.87. The fourth-order valence-electron chi connectivity index (χ4n) is 2.21. The molecule has 0 saturated carbocycles. The summed E-state index contributed by atoms with van der Waals surface area (Å²) in [5.41, 5.74) is -1.16. The number of hydrogen-bond donors (Lipinski definition) is 1. The summed E-state index contributed by atoms with van der Waals surface area (Å²) < 4.78 is 10.4. The molecule has 0 heterocycles. The summed E-state index contributed by atoms with van der Waals surface area (Å²) in [6, 6.07) is 4.89. The largest absolute Gasteiger partial charge is 0.497 e. The van der Waals surface area contributed by atoms with Crippen LogP contribution in [0.25, 0.3) is 0 Å². The first kappa shape index (κ1) is 16.8. The zero-order valence-electron chi connectivity index (χ0n) is 12.8. The molecule has 0 saturated heterocycles. The van der Waals surface area contributed by atoms with Crippen LogP contribution in [0.1, 0.15) is 25.8 Å². The van der Waals surface area contributed by atoms with E-state index in [0.717, 1.165) is 0 Å². The van der Waals surface area contributed by atoms with Crippen molar-refractivity contribution in [2.75, 3.05) is 20.8 Å². The lowest BCUT2D eigenvalue weighted by molar-refractivity contribution is -0.155. The molecule has 1 rings (SSSR count). The molecular weight excluding hydrogens is 274 g/mol. The fraction of sp³-hybridized carbons (Fsp3) is 0.467. The molecule has 116 valence electrons. The van der Waals surface area contributed by atoms with Gasteiger partial charge < -0.3 is 19.5 Å². The SMILES string of the molecule is CCCN(C=O)C(C)(C(=O)O)c1cc(OC)ccc1OC. The lowest BCUT2D eigenvalue weighted by Crippen LogP contribution is -2.49. The Morgan fingerprint density at radius 2 is 2.05 bits per heavy atom. The zero-order chi connectivity index (χ0) is 16.0. The molecule has 1 unspecified atom stereocenters. The van der Waals surface area contributed by atoms with E-state index < -0.39 is 11.5 Å². The molecule has 21 heavy (non-hydrogen) atoms. The van der Waals surface area contributed by atoms with Gasteiger partial charge in [-0.3, -0.25) is 4.79 Å². The smallest absolute Gasteiger partial charge is 0.334 e. The van der Waals surface area contributed by atoms with Crippen molar-refractivity contribution in [2.24, 2.45) is 0 Å². The van der Waals surface area contributed by atoms with E-state index in [-0.39, 0.29) is 0 Å². The van der Waals surface area contributed by atoms with Crippen LogP contribution in [0.5, 0.6) is 11.5 Å². The normalized spacial score (nSPS) is 13.1. The van der Waals surface area contributed by atoms with Crippen LogP contribution < -0.4 is 9.47 Å². The van der Waals surface area contributed by atoms with Crippen molar-refractivity contribution in [2.45, 2.75) is 25.8 Å². The van der Waals surface area contributed by atoms with Crippen molar-refractivity contribution < 1.29 is 24.2 Å². The number of amides is 1. The van der Waals surface area contributed by atoms with E-state index >= 15 is 0 Å². The Morgan fingerprint density at radius 3 is 2.48 bits per heavy atom. The second-order valence-corrected chi connectivity index (χ2v) is 4.74. The van der Waals surface area contributed by atoms with Crippen LogP contribution in [0.2, 0.25) is 0 Å². The number of hydrogen-bond acceptors (Lipinski definition) is 4. The first-order valence-corrected chi connectivity index (χ1v) is 6.63. The van der Waals surface area contributed by atoms with Gasteiger partial charge in [0.05, 0.1) is 14.2 Å². The Balaban J connectivity index is 3.52. The van der Waals surface area contributed by atoms with Gasteiger partial charge in [-0.2, -0.15) is 0 Å². The first-order valence-electron chi connectivity index (χ1n) is 6.63. The first-order chi connectivity index (χ1) is 9.95. The molecule has 1 aromatic carbocycles. The fourth-order valence-corrected chi connectivity index (χ4v) is 2.21. The number of carbonyl (C=O) groups is 2. The molecule has 6 nitrogen and oxygen atoms in total. The summed E-state index contributed by atoms with van der Waals surface area (Å²) in [4.78, 5) is 24.5. The van der Waals surface area contributed by atoms with Gasteiger partial charge in [-0.1, -0.05) is 6.92 Å². The quantitative estimate of drug-likeness (QED) is 0.741. The molecule has 1 N–H and O–H groups in total. The van der Waals surface area contributed by atoms with Gasteiger partial charge in [0.25, 0.3) is 0 Å². The number of methoxy groups -OCH3 is 2. The van der Waals surface area contributed by atoms with Crippen LogP contribution in [0.15, 0.2) is 18.2 Å². The second kappa shape index (κ2) is 6.97. The zero-order valence-corrected chi connectivity index (χ0v) is 12.8. The van der Waals surface area contributed by atoms with Gasteiger partial charge in [0.2, 0.25) is 6.41 Å². The third-order valence-corrected chi connectivity index (χ3v) is 3.51. The molecule has 0 aliphatic heterocycles. The van der Waals surface area contributed by atoms with Crippen molar-refractivity contribution in [1.82, 2.24) is 4.90 Å². The minimum Gasteiger partial charge on any atom is -0.497 e. The molecule has 0 fully saturated rings. The highest BCUT2D eigenvalue weighted by Gasteiger charge is 2.43. The third-order valence-electron chi connectivity index (χ3n) is 3.51. The lowest BCUT2D eigenvalue weighted by atomic mass is 9.89. The molecule has 1 amide bonds. The summed E-state index contributed by atoms with van der Waals surface area (Å²) in [5.74, 6) is -0.237. The number of carboxylic acid groups (broad SMARTS) is 1. The monoisotopic (exact) mass is 295 g/mol. The van der Waals surface area contributed by atoms with Crippen LogP contribution in [0, 0.1) is 0 Å². The van der Waals surface area contributed by atoms with Crippen LogP contribution in [-0.2, 0) is 15.1 Å². The van der Waals surface area contributed by atoms with Crippen LogP contribution >= 0.6 is 0 Å². The Kier molecular flexibility index (Phi) is 5.58. The molecule has 0 spiro atoms. The Hall–Kier alpha value is -2.24. The van der Waals surface area contributed by atoms with Gasteiger partial charge >= 0.3 is 5.97 Å². The van der Waals surface area contributed by atoms with Crippen molar-refractivity contribution in [3.63, 3.8) is 0 Å². The minimum atomic E-state index is -1.53. The lowest BCUT2D eigenvalue weighted by Gasteiger charge is -2.36. The average Bonchev–Trinajstić information content (AvgIpc) is 2.50. The number of carboxylic acids is 1. The summed E-state index contributed by atoms with van der Waals surface area (Å²) in [6.45, 7) is 3.69. The van der Waals surface area contributed by atoms with E-state index in [2.05, 4.69) is 0 Å². The number of nitrogens with zero attached hydrogens (tertiary/aromatic N) is 1. The Morgan fingerprint density at radius 1 is 1.38 bits per heavy atom. The van der Waals surface area contributed by atoms with E-state index in [1.54, 1.807) is 18.2 Å². The molecule has 0 aromatic heterocycles. The maximum Gasteiger partial charge on any atom is 0.334 e. The summed E-state index contributed by atoms with van der Waals surface area (Å²) in [6.07, 6.45) is 1.20. The van der Waals surface area contributed by atoms with Crippen molar-refractivity contribution in [3.8, 4) is 11.5 Å². The molecular formula is C15H21NO5. The van der Waals surface area contributed by atoms with Gasteiger partial charge in [-0.15, -0.1) is 0 Å². The van der Waals surface area contributed by atoms with Crippen LogP contribution in [0.4, 0.5) is 0 Å². The summed E-state index contributed by atoms with van der Waals surface area (Å²) in [7, 11) is 2.95. The summed E-state index contributed by atoms with van der Waals surface area (Å²) in [5, 5.41) is 9.70. The average molecular weight is 295 g/mol. The van der Waals surface area contributed by atoms with E-state index in [0.29, 0.717) is 36.4 Å². The predicted molar refractivity (Wildman–Crippen MR) is 77.6 cm³/mol. The third kappa shape index (κ3) is 3.09. The number of aliphatic carboxylic acids is 1. The molecule has 1 aromatic rings. The number of benzene rings is 1. The number of carbonyl (C=O) groups excluding carboxylic acids is 1. The van der Waals surface area contributed by atoms with Crippen molar-refractivity contribution in [1.29, 1.82) is 0 Å². The highest BCUT2D eigenvalue weighted by atomic mass is 16.5. The summed E-state index contributed by atoms with van der Waals surface area (Å²) >= 11 is 0. The molecule has 6 heteroatoms. The van der Waals surface area contributed by atoms with Gasteiger partial charge in [0.15, 0.2) is 5.54 Å². The maximum atomic E-state index is 11.9. The van der Waals surface area contributed by atoms with Crippen LogP contribution in [-0.4, -0.2) is 43.2 Å². The highest BCUT2D eigenvalue weighted by Crippen LogP contribution is 2.37. The highest BCUT2D eigenvalue weighted by molar-refractivity contribution is 5.84. The van der Waals surface area contributed by atoms with E-state index in [9.17, 15) is 14.7 Å². The maximum absolute atomic E-state index is 11.9. The topological polar surface area (TPSA) is 76.1 Å². The van der Waals surface area contributed by atoms with E-state index in [1.165, 1.54) is 26.0 Å². The standard InChI is InChI=1S/C15H21NO5/c1-5-8-16(10-17)15(2,14(18)19)12-9-11(20-3)6-7-13(12)21-4/h6-7,9-10H,5,8H2,1-4H3,(H,18,19). The van der Waals surface area contributed by atoms with E-state index in [1.807, 2.05) is 6.92 Å². The molecule has 0 radical (unpaired) electrons. The minimum absolute atomic E-state index is 0.326. The molecule has 1 atom stereocenters. The van der Waals surface area contributed by atoms with Gasteiger partial charge in [-0.05, 0) is 31.5 Å². The van der Waals surface area contributed by atoms with Crippen molar-refractivity contribution >= 4 is 12.4 Å². The number of rotatable bonds is 8. The Bertz CT molecular complexity index is 517. The van der Waals surface area contributed by atoms with Gasteiger partial charge in [-0.25, -0.2) is 4.79 Å².